The van der Waals surface area contributed by atoms with Crippen molar-refractivity contribution in [1.82, 2.24) is 5.32 Å². The molecule has 592 valence electrons. The van der Waals surface area contributed by atoms with Crippen LogP contribution in [-0.2, 0) is 23.7 Å². The van der Waals surface area contributed by atoms with Gasteiger partial charge in [-0.25, -0.2) is 0 Å². The predicted molar refractivity (Wildman–Crippen MR) is 433 cm³/mol. The normalized spacial score (nSPS) is 22.4. The van der Waals surface area contributed by atoms with Crippen LogP contribution in [0.4, 0.5) is 0 Å². The molecule has 0 saturated carbocycles. The number of ether oxygens (including phenoxy) is 4. The second-order valence-corrected chi connectivity index (χ2v) is 28.1. The van der Waals surface area contributed by atoms with Crippen LogP contribution in [0, 0.1) is 0 Å². The van der Waals surface area contributed by atoms with E-state index in [9.17, 15) is 45.6 Å². The lowest BCUT2D eigenvalue weighted by molar-refractivity contribution is -0.359. The van der Waals surface area contributed by atoms with Crippen molar-refractivity contribution >= 4 is 5.91 Å². The number of aliphatic hydroxyl groups is 8. The lowest BCUT2D eigenvalue weighted by Crippen LogP contribution is -2.65. The molecule has 14 heteroatoms. The van der Waals surface area contributed by atoms with Gasteiger partial charge in [-0.15, -0.1) is 0 Å². The van der Waals surface area contributed by atoms with Crippen LogP contribution in [0.15, 0.2) is 170 Å². The summed E-state index contributed by atoms with van der Waals surface area (Å²) < 4.78 is 22.9. The molecule has 2 heterocycles. The Morgan fingerprint density at radius 2 is 0.673 bits per heavy atom. The first-order valence-electron chi connectivity index (χ1n) is 41.4. The van der Waals surface area contributed by atoms with E-state index < -0.39 is 86.8 Å². The summed E-state index contributed by atoms with van der Waals surface area (Å²) in [5.41, 5.74) is 0. The Bertz CT molecular complexity index is 2410. The Labute approximate surface area is 632 Å². The number of hydrogen-bond acceptors (Lipinski definition) is 13. The second-order valence-electron chi connectivity index (χ2n) is 28.1. The first kappa shape index (κ1) is 95.4. The molecule has 0 spiro atoms. The Morgan fingerprint density at radius 1 is 0.356 bits per heavy atom. The van der Waals surface area contributed by atoms with Gasteiger partial charge < -0.3 is 65.1 Å². The summed E-state index contributed by atoms with van der Waals surface area (Å²) in [5.74, 6) is -0.290. The van der Waals surface area contributed by atoms with Gasteiger partial charge in [0.25, 0.3) is 0 Å². The van der Waals surface area contributed by atoms with E-state index in [-0.39, 0.29) is 18.9 Å². The van der Waals surface area contributed by atoms with E-state index in [2.05, 4.69) is 177 Å². The van der Waals surface area contributed by atoms with Gasteiger partial charge in [0.15, 0.2) is 12.6 Å². The van der Waals surface area contributed by atoms with Crippen molar-refractivity contribution < 1.29 is 64.6 Å². The zero-order valence-electron chi connectivity index (χ0n) is 64.9. The topological polar surface area (TPSA) is 228 Å². The summed E-state index contributed by atoms with van der Waals surface area (Å²) in [6.45, 7) is 2.65. The third-order valence-electron chi connectivity index (χ3n) is 18.9. The highest BCUT2D eigenvalue weighted by Gasteiger charge is 2.51. The third kappa shape index (κ3) is 53.2. The molecular weight excluding hydrogens is 1300 g/mol. The Kier molecular flexibility index (Phi) is 65.4. The van der Waals surface area contributed by atoms with E-state index in [4.69, 9.17) is 18.9 Å². The van der Waals surface area contributed by atoms with Crippen LogP contribution >= 0.6 is 0 Å². The monoisotopic (exact) mass is 1450 g/mol. The number of nitrogens with one attached hydrogen (secondary N) is 1. The van der Waals surface area contributed by atoms with Crippen LogP contribution in [0.1, 0.15) is 296 Å². The molecular formula is C90H149NO13. The maximum atomic E-state index is 13.4. The van der Waals surface area contributed by atoms with Crippen molar-refractivity contribution in [1.29, 1.82) is 0 Å². The fourth-order valence-corrected chi connectivity index (χ4v) is 12.4. The molecule has 14 nitrogen and oxygen atoms in total. The molecule has 104 heavy (non-hydrogen) atoms. The number of carbonyl (C=O) groups excluding carboxylic acids is 1. The lowest BCUT2D eigenvalue weighted by Gasteiger charge is -2.46. The highest BCUT2D eigenvalue weighted by Crippen LogP contribution is 2.30. The Hall–Kier alpha value is -4.65. The van der Waals surface area contributed by atoms with Gasteiger partial charge in [0.05, 0.1) is 32.0 Å². The fraction of sp³-hybridized carbons (Fsp3) is 0.678. The Balaban J connectivity index is 1.67. The maximum absolute atomic E-state index is 13.4. The zero-order chi connectivity index (χ0) is 75.1. The smallest absolute Gasteiger partial charge is 0.220 e. The number of allylic oxidation sites excluding steroid dienone is 27. The van der Waals surface area contributed by atoms with Crippen molar-refractivity contribution in [2.24, 2.45) is 0 Å². The number of amides is 1. The van der Waals surface area contributed by atoms with Crippen molar-refractivity contribution in [2.45, 2.75) is 370 Å². The van der Waals surface area contributed by atoms with Gasteiger partial charge in [-0.1, -0.05) is 332 Å². The Morgan fingerprint density at radius 3 is 1.06 bits per heavy atom. The summed E-state index contributed by atoms with van der Waals surface area (Å²) in [7, 11) is 0. The molecule has 0 aliphatic carbocycles. The van der Waals surface area contributed by atoms with Gasteiger partial charge >= 0.3 is 0 Å². The van der Waals surface area contributed by atoms with E-state index in [0.717, 1.165) is 116 Å². The summed E-state index contributed by atoms with van der Waals surface area (Å²) in [5, 5.41) is 87.6. The molecule has 0 aromatic rings. The number of unbranched alkanes of at least 4 members (excludes halogenated alkanes) is 28. The van der Waals surface area contributed by atoms with Gasteiger partial charge in [0, 0.05) is 6.42 Å². The third-order valence-corrected chi connectivity index (χ3v) is 18.9. The molecule has 2 saturated heterocycles. The second kappa shape index (κ2) is 71.3. The zero-order valence-corrected chi connectivity index (χ0v) is 64.9. The molecule has 9 N–H and O–H groups in total. The summed E-state index contributed by atoms with van der Waals surface area (Å²) in [4.78, 5) is 13.4. The van der Waals surface area contributed by atoms with Crippen LogP contribution in [-0.4, -0.2) is 140 Å². The summed E-state index contributed by atoms with van der Waals surface area (Å²) >= 11 is 0. The number of carbonyl (C=O) groups is 1. The van der Waals surface area contributed by atoms with Gasteiger partial charge in [-0.05, 0) is 128 Å². The van der Waals surface area contributed by atoms with E-state index >= 15 is 0 Å². The van der Waals surface area contributed by atoms with Crippen LogP contribution in [0.25, 0.3) is 0 Å². The minimum Gasteiger partial charge on any atom is -0.394 e. The molecule has 12 atom stereocenters. The quantitative estimate of drug-likeness (QED) is 0.0204. The first-order valence-corrected chi connectivity index (χ1v) is 41.4. The van der Waals surface area contributed by atoms with Crippen LogP contribution in [0.2, 0.25) is 0 Å². The van der Waals surface area contributed by atoms with Gasteiger partial charge in [0.1, 0.15) is 48.8 Å². The molecule has 0 aromatic carbocycles. The molecule has 2 rings (SSSR count). The molecule has 0 aromatic heterocycles. The number of rotatable bonds is 67. The first-order chi connectivity index (χ1) is 51.1. The van der Waals surface area contributed by atoms with Crippen molar-refractivity contribution in [3.8, 4) is 0 Å². The van der Waals surface area contributed by atoms with Gasteiger partial charge in [0.2, 0.25) is 5.91 Å². The molecule has 2 aliphatic heterocycles. The number of hydrogen-bond donors (Lipinski definition) is 9. The minimum absolute atomic E-state index is 0.218. The highest BCUT2D eigenvalue weighted by molar-refractivity contribution is 5.76. The lowest BCUT2D eigenvalue weighted by atomic mass is 9.97. The maximum Gasteiger partial charge on any atom is 0.220 e. The van der Waals surface area contributed by atoms with E-state index in [1.54, 1.807) is 6.08 Å². The average molecular weight is 1450 g/mol. The highest BCUT2D eigenvalue weighted by atomic mass is 16.7. The minimum atomic E-state index is -1.81. The average Bonchev–Trinajstić information content (AvgIpc) is 0.790. The fourth-order valence-electron chi connectivity index (χ4n) is 12.4. The molecule has 2 fully saturated rings. The van der Waals surface area contributed by atoms with E-state index in [0.29, 0.717) is 12.8 Å². The van der Waals surface area contributed by atoms with Gasteiger partial charge in [-0.2, -0.15) is 0 Å². The largest absolute Gasteiger partial charge is 0.394 e. The molecule has 0 bridgehead atoms. The SMILES string of the molecule is CC/C=C\C/C=C\C/C=C\C/C=C\C/C=C\C/C=C\C/C=C\C/C=C\C/C=C\C/C=C\C/C=C\CCCCCC(=O)NC(COC1OC(CO)C(OC2OC(CO)C(O)C(O)C2O)C(O)C1O)C(O)/C=C/CC/C=C/CC/C=C/CCCCCCCCCCCCCCCCCCCCCCCCC. The summed E-state index contributed by atoms with van der Waals surface area (Å²) in [6.07, 6.45) is 94.4. The van der Waals surface area contributed by atoms with Crippen molar-refractivity contribution in [3.05, 3.63) is 170 Å². The van der Waals surface area contributed by atoms with E-state index in [1.165, 1.54) is 148 Å². The molecule has 12 unspecified atom stereocenters. The standard InChI is InChI=1S/C90H149NO13/c1-3-5-7-9-11-13-15-17-19-21-23-25-27-29-31-33-35-37-38-39-40-42-44-46-48-50-52-54-56-58-60-62-64-66-68-70-72-74-82(95)91-78(77-101-89-87(100)85(98)88(81(76-93)103-89)104-90-86(99)84(97)83(96)80(75-92)102-90)79(94)73-71-69-67-65-63-61-59-57-55-53-51-49-47-45-43-41-36-34-32-30-28-26-24-22-20-18-16-14-12-10-8-6-4-2/h5,7,11,13,17,19,23,25,29,31,35,37,39-40,44,46,50,52,55-58,62-65,71,73,78-81,83-90,92-94,96-100H,3-4,6,8-10,12,14-16,18,20-22,24,26-28,30,32-34,36,38,41-43,45,47-49,51,53-54,59-61,66-70,72,74-77H2,1-2H3,(H,91,95)/b7-5-,13-11-,19-17-,25-23-,31-29-,37-35-,40-39-,46-44-,52-50-,57-55+,58-56-,64-62-,65-63+,73-71+. The van der Waals surface area contributed by atoms with E-state index in [1.807, 2.05) is 6.08 Å². The predicted octanol–water partition coefficient (Wildman–Crippen LogP) is 19.5. The van der Waals surface area contributed by atoms with Crippen LogP contribution < -0.4 is 5.32 Å². The number of aliphatic hydroxyl groups excluding tert-OH is 8. The molecule has 0 radical (unpaired) electrons. The molecule has 1 amide bonds. The van der Waals surface area contributed by atoms with Crippen molar-refractivity contribution in [2.75, 3.05) is 19.8 Å². The summed E-state index contributed by atoms with van der Waals surface area (Å²) in [6, 6.07) is -0.972. The molecule has 2 aliphatic rings. The van der Waals surface area contributed by atoms with Crippen molar-refractivity contribution in [3.63, 3.8) is 0 Å². The van der Waals surface area contributed by atoms with Crippen LogP contribution in [0.5, 0.6) is 0 Å². The van der Waals surface area contributed by atoms with Gasteiger partial charge in [-0.3, -0.25) is 4.79 Å². The van der Waals surface area contributed by atoms with Crippen LogP contribution in [0.3, 0.4) is 0 Å².